The molecule has 0 aromatic heterocycles. The van der Waals surface area contributed by atoms with Gasteiger partial charge in [-0.3, -0.25) is 9.69 Å². The van der Waals surface area contributed by atoms with Crippen LogP contribution in [0.4, 0.5) is 5.69 Å². The number of para-hydroxylation sites is 2. The van der Waals surface area contributed by atoms with Gasteiger partial charge in [-0.15, -0.1) is 0 Å². The molecule has 0 N–H and O–H groups in total. The molecule has 1 saturated heterocycles. The summed E-state index contributed by atoms with van der Waals surface area (Å²) in [6, 6.07) is 18.6. The molecule has 3 aromatic rings. The molecular formula is C24H16Br2ClNO3S2. The van der Waals surface area contributed by atoms with E-state index in [1.54, 1.807) is 13.2 Å². The van der Waals surface area contributed by atoms with Crippen molar-refractivity contribution in [1.29, 1.82) is 0 Å². The van der Waals surface area contributed by atoms with Crippen LogP contribution < -0.4 is 14.4 Å². The van der Waals surface area contributed by atoms with Gasteiger partial charge < -0.3 is 9.47 Å². The number of carbonyl (C=O) groups is 1. The van der Waals surface area contributed by atoms with Crippen molar-refractivity contribution in [3.63, 3.8) is 0 Å². The summed E-state index contributed by atoms with van der Waals surface area (Å²) in [5, 5.41) is 0.651. The van der Waals surface area contributed by atoms with E-state index in [1.807, 2.05) is 60.7 Å². The molecule has 0 unspecified atom stereocenters. The molecule has 1 aliphatic rings. The number of carbonyl (C=O) groups excluding carboxylic acids is 1. The summed E-state index contributed by atoms with van der Waals surface area (Å²) in [7, 11) is 1.57. The number of hydrogen-bond donors (Lipinski definition) is 0. The van der Waals surface area contributed by atoms with Crippen LogP contribution in [0, 0.1) is 0 Å². The highest BCUT2D eigenvalue weighted by Gasteiger charge is 2.34. The molecular weight excluding hydrogens is 610 g/mol. The van der Waals surface area contributed by atoms with E-state index in [9.17, 15) is 4.79 Å². The number of ether oxygens (including phenoxy) is 2. The van der Waals surface area contributed by atoms with Gasteiger partial charge in [-0.2, -0.15) is 0 Å². The van der Waals surface area contributed by atoms with Gasteiger partial charge in [0.25, 0.3) is 5.91 Å². The summed E-state index contributed by atoms with van der Waals surface area (Å²) in [5.74, 6) is 1.04. The second-order valence-corrected chi connectivity index (χ2v) is 10.7. The summed E-state index contributed by atoms with van der Waals surface area (Å²) in [4.78, 5) is 15.2. The molecule has 0 spiro atoms. The van der Waals surface area contributed by atoms with Gasteiger partial charge >= 0.3 is 0 Å². The summed E-state index contributed by atoms with van der Waals surface area (Å²) in [5.41, 5.74) is 2.33. The van der Waals surface area contributed by atoms with Gasteiger partial charge in [0, 0.05) is 10.6 Å². The Morgan fingerprint density at radius 3 is 2.45 bits per heavy atom. The van der Waals surface area contributed by atoms with Gasteiger partial charge in [0.1, 0.15) is 18.1 Å². The predicted molar refractivity (Wildman–Crippen MR) is 146 cm³/mol. The fourth-order valence-electron chi connectivity index (χ4n) is 3.21. The lowest BCUT2D eigenvalue weighted by Crippen LogP contribution is -2.27. The van der Waals surface area contributed by atoms with E-state index >= 15 is 0 Å². The molecule has 0 aliphatic carbocycles. The number of rotatable bonds is 6. The molecule has 0 radical (unpaired) electrons. The Morgan fingerprint density at radius 2 is 1.76 bits per heavy atom. The Balaban J connectivity index is 1.57. The van der Waals surface area contributed by atoms with Crippen molar-refractivity contribution in [3.05, 3.63) is 90.7 Å². The quantitative estimate of drug-likeness (QED) is 0.206. The molecule has 1 amide bonds. The minimum absolute atomic E-state index is 0.194. The summed E-state index contributed by atoms with van der Waals surface area (Å²) in [6.07, 6.45) is 1.81. The summed E-state index contributed by atoms with van der Waals surface area (Å²) in [6.45, 7) is 0.327. The zero-order valence-corrected chi connectivity index (χ0v) is 22.7. The third-order valence-corrected chi connectivity index (χ3v) is 7.62. The first kappa shape index (κ1) is 24.3. The minimum atomic E-state index is -0.194. The second kappa shape index (κ2) is 10.6. The molecule has 0 bridgehead atoms. The Bertz CT molecular complexity index is 1260. The van der Waals surface area contributed by atoms with Crippen LogP contribution in [-0.4, -0.2) is 17.3 Å². The topological polar surface area (TPSA) is 38.8 Å². The van der Waals surface area contributed by atoms with Crippen molar-refractivity contribution in [2.45, 2.75) is 6.61 Å². The fraction of sp³-hybridized carbons (Fsp3) is 0.0833. The van der Waals surface area contributed by atoms with E-state index in [4.69, 9.17) is 33.3 Å². The summed E-state index contributed by atoms with van der Waals surface area (Å²) < 4.78 is 13.3. The second-order valence-electron chi connectivity index (χ2n) is 6.88. The van der Waals surface area contributed by atoms with Gasteiger partial charge in [-0.1, -0.05) is 65.9 Å². The SMILES string of the molecule is COc1ccccc1N1C(=O)/C(=C\c2cc(Br)c(OCc3ccccc3Cl)c(Br)c2)SC1=S. The molecule has 3 aromatic carbocycles. The largest absolute Gasteiger partial charge is 0.495 e. The van der Waals surface area contributed by atoms with E-state index in [0.717, 1.165) is 20.1 Å². The fourth-order valence-corrected chi connectivity index (χ4v) is 6.13. The van der Waals surface area contributed by atoms with Crippen LogP contribution >= 0.6 is 67.4 Å². The predicted octanol–water partition coefficient (Wildman–Crippen LogP) is 7.86. The van der Waals surface area contributed by atoms with Gasteiger partial charge in [-0.05, 0) is 73.8 Å². The molecule has 0 saturated carbocycles. The maximum atomic E-state index is 13.2. The number of amides is 1. The van der Waals surface area contributed by atoms with E-state index in [-0.39, 0.29) is 5.91 Å². The van der Waals surface area contributed by atoms with E-state index in [0.29, 0.717) is 38.0 Å². The highest BCUT2D eigenvalue weighted by Crippen LogP contribution is 2.41. The number of thiocarbonyl (C=S) groups is 1. The monoisotopic (exact) mass is 623 g/mol. The van der Waals surface area contributed by atoms with Crippen LogP contribution in [-0.2, 0) is 11.4 Å². The average Bonchev–Trinajstić information content (AvgIpc) is 3.06. The third kappa shape index (κ3) is 5.30. The maximum Gasteiger partial charge on any atom is 0.270 e. The number of halogens is 3. The molecule has 1 fully saturated rings. The van der Waals surface area contributed by atoms with Crippen molar-refractivity contribution < 1.29 is 14.3 Å². The molecule has 168 valence electrons. The number of anilines is 1. The van der Waals surface area contributed by atoms with Crippen molar-refractivity contribution in [1.82, 2.24) is 0 Å². The van der Waals surface area contributed by atoms with Crippen molar-refractivity contribution in [2.24, 2.45) is 0 Å². The molecule has 9 heteroatoms. The molecule has 4 rings (SSSR count). The zero-order chi connectivity index (χ0) is 23.5. The average molecular weight is 626 g/mol. The lowest BCUT2D eigenvalue weighted by Gasteiger charge is -2.17. The number of thioether (sulfide) groups is 1. The van der Waals surface area contributed by atoms with Crippen LogP contribution in [0.1, 0.15) is 11.1 Å². The number of benzene rings is 3. The lowest BCUT2D eigenvalue weighted by molar-refractivity contribution is -0.113. The van der Waals surface area contributed by atoms with Crippen LogP contribution in [0.15, 0.2) is 74.5 Å². The molecule has 1 heterocycles. The van der Waals surface area contributed by atoms with Gasteiger partial charge in [0.05, 0.1) is 26.6 Å². The summed E-state index contributed by atoms with van der Waals surface area (Å²) >= 11 is 20.1. The van der Waals surface area contributed by atoms with Gasteiger partial charge in [-0.25, -0.2) is 0 Å². The van der Waals surface area contributed by atoms with E-state index < -0.39 is 0 Å². The zero-order valence-electron chi connectivity index (χ0n) is 17.2. The number of nitrogens with zero attached hydrogens (tertiary/aromatic N) is 1. The van der Waals surface area contributed by atoms with Crippen LogP contribution in [0.25, 0.3) is 6.08 Å². The van der Waals surface area contributed by atoms with Crippen LogP contribution in [0.5, 0.6) is 11.5 Å². The molecule has 1 aliphatic heterocycles. The normalized spacial score (nSPS) is 14.8. The Morgan fingerprint density at radius 1 is 1.09 bits per heavy atom. The Kier molecular flexibility index (Phi) is 7.81. The number of methoxy groups -OCH3 is 1. The smallest absolute Gasteiger partial charge is 0.270 e. The number of hydrogen-bond acceptors (Lipinski definition) is 5. The highest BCUT2D eigenvalue weighted by molar-refractivity contribution is 9.11. The van der Waals surface area contributed by atoms with Crippen LogP contribution in [0.2, 0.25) is 5.02 Å². The standard InChI is InChI=1S/C24H16Br2ClNO3S2/c1-30-20-9-5-4-8-19(20)28-23(29)21(33-24(28)32)12-14-10-16(25)22(17(26)11-14)31-13-15-6-2-3-7-18(15)27/h2-12H,13H2,1H3/b21-12+. The Hall–Kier alpha value is -1.84. The van der Waals surface area contributed by atoms with Gasteiger partial charge in [0.15, 0.2) is 4.32 Å². The first-order valence-corrected chi connectivity index (χ1v) is 12.8. The first-order valence-electron chi connectivity index (χ1n) is 9.65. The molecule has 4 nitrogen and oxygen atoms in total. The van der Waals surface area contributed by atoms with E-state index in [1.165, 1.54) is 16.7 Å². The van der Waals surface area contributed by atoms with E-state index in [2.05, 4.69) is 31.9 Å². The lowest BCUT2D eigenvalue weighted by atomic mass is 10.2. The van der Waals surface area contributed by atoms with Gasteiger partial charge in [0.2, 0.25) is 0 Å². The van der Waals surface area contributed by atoms with Crippen molar-refractivity contribution in [2.75, 3.05) is 12.0 Å². The minimum Gasteiger partial charge on any atom is -0.495 e. The Labute approximate surface area is 223 Å². The first-order chi connectivity index (χ1) is 15.9. The third-order valence-electron chi connectivity index (χ3n) is 4.77. The van der Waals surface area contributed by atoms with Crippen molar-refractivity contribution in [3.8, 4) is 11.5 Å². The molecule has 33 heavy (non-hydrogen) atoms. The highest BCUT2D eigenvalue weighted by atomic mass is 79.9. The van der Waals surface area contributed by atoms with Crippen LogP contribution in [0.3, 0.4) is 0 Å². The molecule has 0 atom stereocenters. The van der Waals surface area contributed by atoms with Crippen molar-refractivity contribution >= 4 is 89.4 Å². The maximum absolute atomic E-state index is 13.2.